The molecule has 1 unspecified atom stereocenters. The molecule has 0 radical (unpaired) electrons. The van der Waals surface area contributed by atoms with Gasteiger partial charge in [-0.25, -0.2) is 0 Å². The van der Waals surface area contributed by atoms with Gasteiger partial charge >= 0.3 is 0 Å². The summed E-state index contributed by atoms with van der Waals surface area (Å²) in [6.07, 6.45) is 3.00. The summed E-state index contributed by atoms with van der Waals surface area (Å²) in [5.74, 6) is 1.36. The van der Waals surface area contributed by atoms with Crippen molar-refractivity contribution in [2.45, 2.75) is 33.1 Å². The van der Waals surface area contributed by atoms with Crippen LogP contribution in [0, 0.1) is 0 Å². The van der Waals surface area contributed by atoms with Crippen LogP contribution < -0.4 is 4.74 Å². The zero-order chi connectivity index (χ0) is 11.3. The van der Waals surface area contributed by atoms with Crippen LogP contribution in [0.5, 0.6) is 5.75 Å². The Morgan fingerprint density at radius 3 is 2.60 bits per heavy atom. The van der Waals surface area contributed by atoms with E-state index in [9.17, 15) is 0 Å². The van der Waals surface area contributed by atoms with Gasteiger partial charge in [-0.15, -0.1) is 6.58 Å². The average molecular weight is 204 g/mol. The smallest absolute Gasteiger partial charge is 0.119 e. The summed E-state index contributed by atoms with van der Waals surface area (Å²) >= 11 is 0. The fourth-order valence-corrected chi connectivity index (χ4v) is 1.54. The number of ether oxygens (including phenoxy) is 1. The molecule has 1 nitrogen and oxygen atoms in total. The van der Waals surface area contributed by atoms with Crippen molar-refractivity contribution in [1.29, 1.82) is 0 Å². The number of hydrogen-bond donors (Lipinski definition) is 0. The van der Waals surface area contributed by atoms with Crippen molar-refractivity contribution in [3.05, 3.63) is 42.0 Å². The highest BCUT2D eigenvalue weighted by Crippen LogP contribution is 2.24. The molecule has 0 bridgehead atoms. The maximum absolute atomic E-state index is 5.55. The van der Waals surface area contributed by atoms with Crippen molar-refractivity contribution in [1.82, 2.24) is 0 Å². The second-order valence-electron chi connectivity index (χ2n) is 3.72. The van der Waals surface area contributed by atoms with Gasteiger partial charge in [-0.2, -0.15) is 0 Å². The summed E-state index contributed by atoms with van der Waals surface area (Å²) < 4.78 is 5.55. The molecule has 82 valence electrons. The predicted molar refractivity (Wildman–Crippen MR) is 65.6 cm³/mol. The van der Waals surface area contributed by atoms with Gasteiger partial charge in [0, 0.05) is 0 Å². The molecule has 0 saturated heterocycles. The van der Waals surface area contributed by atoms with Crippen LogP contribution in [0.15, 0.2) is 30.9 Å². The van der Waals surface area contributed by atoms with Gasteiger partial charge < -0.3 is 4.74 Å². The van der Waals surface area contributed by atoms with Crippen molar-refractivity contribution in [3.63, 3.8) is 0 Å². The van der Waals surface area contributed by atoms with E-state index < -0.39 is 0 Å². The SMILES string of the molecule is C=CC(C)c1cc(CC)cc(OCC)c1. The van der Waals surface area contributed by atoms with Gasteiger partial charge in [-0.05, 0) is 42.5 Å². The van der Waals surface area contributed by atoms with Crippen LogP contribution in [0.3, 0.4) is 0 Å². The first kappa shape index (κ1) is 11.8. The van der Waals surface area contributed by atoms with Crippen LogP contribution in [-0.2, 0) is 6.42 Å². The van der Waals surface area contributed by atoms with E-state index in [1.165, 1.54) is 11.1 Å². The summed E-state index contributed by atoms with van der Waals surface area (Å²) in [4.78, 5) is 0. The molecular formula is C14H20O. The van der Waals surface area contributed by atoms with Crippen LogP contribution in [0.25, 0.3) is 0 Å². The first-order chi connectivity index (χ1) is 7.21. The van der Waals surface area contributed by atoms with E-state index in [1.807, 2.05) is 13.0 Å². The Hall–Kier alpha value is -1.24. The molecule has 0 N–H and O–H groups in total. The highest BCUT2D eigenvalue weighted by molar-refractivity contribution is 5.37. The fraction of sp³-hybridized carbons (Fsp3) is 0.429. The highest BCUT2D eigenvalue weighted by atomic mass is 16.5. The highest BCUT2D eigenvalue weighted by Gasteiger charge is 2.05. The van der Waals surface area contributed by atoms with E-state index in [-0.39, 0.29) is 0 Å². The largest absolute Gasteiger partial charge is 0.494 e. The lowest BCUT2D eigenvalue weighted by Gasteiger charge is -2.12. The topological polar surface area (TPSA) is 9.23 Å². The van der Waals surface area contributed by atoms with Crippen LogP contribution in [0.2, 0.25) is 0 Å². The van der Waals surface area contributed by atoms with E-state index in [2.05, 4.69) is 38.6 Å². The van der Waals surface area contributed by atoms with Crippen LogP contribution >= 0.6 is 0 Å². The molecule has 0 spiro atoms. The number of rotatable bonds is 5. The lowest BCUT2D eigenvalue weighted by atomic mass is 9.98. The molecule has 1 atom stereocenters. The van der Waals surface area contributed by atoms with Gasteiger partial charge in [0.25, 0.3) is 0 Å². The molecule has 0 aliphatic carbocycles. The van der Waals surface area contributed by atoms with E-state index in [0.29, 0.717) is 5.92 Å². The van der Waals surface area contributed by atoms with Gasteiger partial charge in [0.15, 0.2) is 0 Å². The number of aryl methyl sites for hydroxylation is 1. The zero-order valence-electron chi connectivity index (χ0n) is 9.92. The molecule has 0 aromatic heterocycles. The number of allylic oxidation sites excluding steroid dienone is 1. The predicted octanol–water partition coefficient (Wildman–Crippen LogP) is 3.94. The maximum atomic E-state index is 5.55. The Labute approximate surface area is 92.8 Å². The summed E-state index contributed by atoms with van der Waals surface area (Å²) in [6.45, 7) is 10.9. The number of hydrogen-bond acceptors (Lipinski definition) is 1. The molecule has 15 heavy (non-hydrogen) atoms. The third-order valence-corrected chi connectivity index (χ3v) is 2.59. The fourth-order valence-electron chi connectivity index (χ4n) is 1.54. The van der Waals surface area contributed by atoms with Crippen molar-refractivity contribution in [2.75, 3.05) is 6.61 Å². The molecule has 1 aromatic rings. The lowest BCUT2D eigenvalue weighted by molar-refractivity contribution is 0.339. The molecule has 1 aromatic carbocycles. The van der Waals surface area contributed by atoms with Crippen molar-refractivity contribution < 1.29 is 4.74 Å². The van der Waals surface area contributed by atoms with Crippen molar-refractivity contribution in [2.24, 2.45) is 0 Å². The normalized spacial score (nSPS) is 12.2. The van der Waals surface area contributed by atoms with Crippen LogP contribution in [-0.4, -0.2) is 6.61 Å². The molecule has 0 saturated carbocycles. The monoisotopic (exact) mass is 204 g/mol. The van der Waals surface area contributed by atoms with Crippen LogP contribution in [0.1, 0.15) is 37.8 Å². The Kier molecular flexibility index (Phi) is 4.41. The first-order valence-electron chi connectivity index (χ1n) is 5.60. The molecule has 1 heteroatoms. The second-order valence-corrected chi connectivity index (χ2v) is 3.72. The summed E-state index contributed by atoms with van der Waals surface area (Å²) in [7, 11) is 0. The molecule has 0 heterocycles. The molecular weight excluding hydrogens is 184 g/mol. The molecule has 0 amide bonds. The molecule has 1 rings (SSSR count). The Morgan fingerprint density at radius 2 is 2.07 bits per heavy atom. The van der Waals surface area contributed by atoms with E-state index in [0.717, 1.165) is 18.8 Å². The van der Waals surface area contributed by atoms with E-state index in [4.69, 9.17) is 4.74 Å². The van der Waals surface area contributed by atoms with Gasteiger partial charge in [0.05, 0.1) is 6.61 Å². The zero-order valence-corrected chi connectivity index (χ0v) is 9.92. The van der Waals surface area contributed by atoms with Gasteiger partial charge in [0.1, 0.15) is 5.75 Å². The third kappa shape index (κ3) is 3.12. The molecule has 0 aliphatic rings. The van der Waals surface area contributed by atoms with E-state index >= 15 is 0 Å². The standard InChI is InChI=1S/C14H20O/c1-5-11(4)13-8-12(6-2)9-14(10-13)15-7-3/h5,8-11H,1,6-7H2,2-4H3. The van der Waals surface area contributed by atoms with Gasteiger partial charge in [0.2, 0.25) is 0 Å². The van der Waals surface area contributed by atoms with Crippen LogP contribution in [0.4, 0.5) is 0 Å². The molecule has 0 aliphatic heterocycles. The van der Waals surface area contributed by atoms with Gasteiger partial charge in [-0.1, -0.05) is 26.0 Å². The minimum absolute atomic E-state index is 0.385. The van der Waals surface area contributed by atoms with Gasteiger partial charge in [-0.3, -0.25) is 0 Å². The summed E-state index contributed by atoms with van der Waals surface area (Å²) in [5, 5.41) is 0. The van der Waals surface area contributed by atoms with E-state index in [1.54, 1.807) is 0 Å². The second kappa shape index (κ2) is 5.59. The average Bonchev–Trinajstić information content (AvgIpc) is 2.28. The Balaban J connectivity index is 3.04. The Morgan fingerprint density at radius 1 is 1.33 bits per heavy atom. The third-order valence-electron chi connectivity index (χ3n) is 2.59. The number of benzene rings is 1. The minimum Gasteiger partial charge on any atom is -0.494 e. The first-order valence-corrected chi connectivity index (χ1v) is 5.60. The van der Waals surface area contributed by atoms with Crippen molar-refractivity contribution >= 4 is 0 Å². The lowest BCUT2D eigenvalue weighted by Crippen LogP contribution is -1.96. The quantitative estimate of drug-likeness (QED) is 0.660. The minimum atomic E-state index is 0.385. The Bertz CT molecular complexity index is 328. The maximum Gasteiger partial charge on any atom is 0.119 e. The summed E-state index contributed by atoms with van der Waals surface area (Å²) in [5.41, 5.74) is 2.61. The summed E-state index contributed by atoms with van der Waals surface area (Å²) in [6, 6.07) is 6.45. The molecule has 0 fully saturated rings. The van der Waals surface area contributed by atoms with Crippen molar-refractivity contribution in [3.8, 4) is 5.75 Å².